The molecule has 1 aromatic rings. The zero-order valence-electron chi connectivity index (χ0n) is 12.5. The van der Waals surface area contributed by atoms with Gasteiger partial charge >= 0.3 is 0 Å². The molecule has 106 valence electrons. The van der Waals surface area contributed by atoms with Gasteiger partial charge in [0.25, 0.3) is 0 Å². The Morgan fingerprint density at radius 1 is 1.21 bits per heavy atom. The fraction of sp³-hybridized carbons (Fsp3) is 0.647. The van der Waals surface area contributed by atoms with Gasteiger partial charge in [0.1, 0.15) is 0 Å². The van der Waals surface area contributed by atoms with E-state index in [0.717, 1.165) is 38.9 Å². The zero-order valence-corrected chi connectivity index (χ0v) is 12.5. The monoisotopic (exact) mass is 261 g/mol. The SMILES string of the molecule is CC(C)(C)CC1(O)CCCN(Cc2ccccc2)C1. The van der Waals surface area contributed by atoms with Crippen LogP contribution < -0.4 is 0 Å². The van der Waals surface area contributed by atoms with Crippen molar-refractivity contribution in [3.63, 3.8) is 0 Å². The molecule has 1 saturated heterocycles. The number of benzene rings is 1. The first-order valence-electron chi connectivity index (χ1n) is 7.35. The van der Waals surface area contributed by atoms with E-state index in [4.69, 9.17) is 0 Å². The van der Waals surface area contributed by atoms with Crippen LogP contribution in [0.2, 0.25) is 0 Å². The molecular formula is C17H27NO. The molecule has 0 aliphatic carbocycles. The Kier molecular flexibility index (Phi) is 4.32. The molecule has 1 atom stereocenters. The van der Waals surface area contributed by atoms with E-state index in [2.05, 4.69) is 56.0 Å². The van der Waals surface area contributed by atoms with Crippen molar-refractivity contribution in [2.75, 3.05) is 13.1 Å². The van der Waals surface area contributed by atoms with E-state index in [9.17, 15) is 5.11 Å². The van der Waals surface area contributed by atoms with Gasteiger partial charge in [0, 0.05) is 13.1 Å². The summed E-state index contributed by atoms with van der Waals surface area (Å²) >= 11 is 0. The number of β-amino-alcohol motifs (C(OH)–C–C–N with tert-alkyl or cyclic N) is 1. The molecule has 0 radical (unpaired) electrons. The number of hydrogen-bond donors (Lipinski definition) is 1. The lowest BCUT2D eigenvalue weighted by Gasteiger charge is -2.42. The van der Waals surface area contributed by atoms with Crippen LogP contribution in [0.25, 0.3) is 0 Å². The van der Waals surface area contributed by atoms with Gasteiger partial charge < -0.3 is 5.11 Å². The van der Waals surface area contributed by atoms with Gasteiger partial charge in [-0.15, -0.1) is 0 Å². The molecule has 2 heteroatoms. The Morgan fingerprint density at radius 3 is 2.53 bits per heavy atom. The van der Waals surface area contributed by atoms with Gasteiger partial charge in [0.15, 0.2) is 0 Å². The quantitative estimate of drug-likeness (QED) is 0.901. The fourth-order valence-corrected chi connectivity index (χ4v) is 3.31. The van der Waals surface area contributed by atoms with E-state index in [1.807, 2.05) is 0 Å². The van der Waals surface area contributed by atoms with Gasteiger partial charge in [-0.3, -0.25) is 4.90 Å². The van der Waals surface area contributed by atoms with Crippen LogP contribution in [0.5, 0.6) is 0 Å². The topological polar surface area (TPSA) is 23.5 Å². The maximum absolute atomic E-state index is 10.8. The van der Waals surface area contributed by atoms with Crippen molar-refractivity contribution in [1.29, 1.82) is 0 Å². The minimum atomic E-state index is -0.509. The molecule has 0 spiro atoms. The second kappa shape index (κ2) is 5.64. The Bertz CT molecular complexity index is 395. The maximum atomic E-state index is 10.8. The zero-order chi connectivity index (χ0) is 13.9. The summed E-state index contributed by atoms with van der Waals surface area (Å²) in [6, 6.07) is 10.5. The third kappa shape index (κ3) is 4.63. The van der Waals surface area contributed by atoms with Gasteiger partial charge in [-0.05, 0) is 36.8 Å². The normalized spacial score (nSPS) is 25.5. The van der Waals surface area contributed by atoms with Crippen molar-refractivity contribution in [2.45, 2.75) is 52.2 Å². The summed E-state index contributed by atoms with van der Waals surface area (Å²) < 4.78 is 0. The number of aliphatic hydroxyl groups is 1. The highest BCUT2D eigenvalue weighted by atomic mass is 16.3. The molecule has 1 fully saturated rings. The fourth-order valence-electron chi connectivity index (χ4n) is 3.31. The van der Waals surface area contributed by atoms with E-state index >= 15 is 0 Å². The molecule has 2 nitrogen and oxygen atoms in total. The molecule has 1 aromatic carbocycles. The smallest absolute Gasteiger partial charge is 0.0779 e. The van der Waals surface area contributed by atoms with Gasteiger partial charge in [-0.25, -0.2) is 0 Å². The molecule has 0 amide bonds. The number of piperidine rings is 1. The van der Waals surface area contributed by atoms with Gasteiger partial charge in [-0.1, -0.05) is 51.1 Å². The van der Waals surface area contributed by atoms with E-state index in [1.54, 1.807) is 0 Å². The first-order valence-corrected chi connectivity index (χ1v) is 7.35. The van der Waals surface area contributed by atoms with E-state index < -0.39 is 5.60 Å². The van der Waals surface area contributed by atoms with Crippen molar-refractivity contribution in [1.82, 2.24) is 4.90 Å². The van der Waals surface area contributed by atoms with Crippen LogP contribution in [0.1, 0.15) is 45.6 Å². The molecule has 0 bridgehead atoms. The molecule has 2 rings (SSSR count). The van der Waals surface area contributed by atoms with Crippen molar-refractivity contribution in [2.24, 2.45) is 5.41 Å². The second-order valence-electron chi connectivity index (χ2n) is 7.26. The highest BCUT2D eigenvalue weighted by Gasteiger charge is 2.36. The van der Waals surface area contributed by atoms with Crippen LogP contribution in [0.3, 0.4) is 0 Å². The third-order valence-corrected chi connectivity index (χ3v) is 3.74. The second-order valence-corrected chi connectivity index (χ2v) is 7.26. The van der Waals surface area contributed by atoms with Crippen LogP contribution in [0.4, 0.5) is 0 Å². The largest absolute Gasteiger partial charge is 0.389 e. The summed E-state index contributed by atoms with van der Waals surface area (Å²) in [6.45, 7) is 9.48. The van der Waals surface area contributed by atoms with E-state index in [0.29, 0.717) is 0 Å². The first kappa shape index (κ1) is 14.5. The maximum Gasteiger partial charge on any atom is 0.0779 e. The molecule has 1 N–H and O–H groups in total. The van der Waals surface area contributed by atoms with Crippen LogP contribution in [-0.2, 0) is 6.54 Å². The molecule has 1 heterocycles. The number of hydrogen-bond acceptors (Lipinski definition) is 2. The molecule has 19 heavy (non-hydrogen) atoms. The Labute approximate surface area is 117 Å². The molecule has 1 aliphatic heterocycles. The van der Waals surface area contributed by atoms with Crippen LogP contribution in [-0.4, -0.2) is 28.7 Å². The number of rotatable bonds is 3. The van der Waals surface area contributed by atoms with Gasteiger partial charge in [0.05, 0.1) is 5.60 Å². The van der Waals surface area contributed by atoms with Gasteiger partial charge in [-0.2, -0.15) is 0 Å². The average molecular weight is 261 g/mol. The van der Waals surface area contributed by atoms with Crippen molar-refractivity contribution in [3.8, 4) is 0 Å². The average Bonchev–Trinajstić information content (AvgIpc) is 2.27. The highest BCUT2D eigenvalue weighted by molar-refractivity contribution is 5.14. The lowest BCUT2D eigenvalue weighted by Crippen LogP contribution is -2.49. The third-order valence-electron chi connectivity index (χ3n) is 3.74. The van der Waals surface area contributed by atoms with Gasteiger partial charge in [0.2, 0.25) is 0 Å². The van der Waals surface area contributed by atoms with Crippen LogP contribution in [0, 0.1) is 5.41 Å². The minimum Gasteiger partial charge on any atom is -0.389 e. The van der Waals surface area contributed by atoms with Crippen LogP contribution in [0.15, 0.2) is 30.3 Å². The van der Waals surface area contributed by atoms with E-state index in [-0.39, 0.29) is 5.41 Å². The lowest BCUT2D eigenvalue weighted by molar-refractivity contribution is -0.0588. The predicted octanol–water partition coefficient (Wildman–Crippen LogP) is 3.45. The summed E-state index contributed by atoms with van der Waals surface area (Å²) in [5, 5.41) is 10.8. The Balaban J connectivity index is 1.97. The summed E-state index contributed by atoms with van der Waals surface area (Å²) in [5.41, 5.74) is 1.01. The Morgan fingerprint density at radius 2 is 1.89 bits per heavy atom. The van der Waals surface area contributed by atoms with Crippen LogP contribution >= 0.6 is 0 Å². The first-order chi connectivity index (χ1) is 8.86. The molecule has 0 saturated carbocycles. The minimum absolute atomic E-state index is 0.185. The Hall–Kier alpha value is -0.860. The summed E-state index contributed by atoms with van der Waals surface area (Å²) in [7, 11) is 0. The molecule has 1 aliphatic rings. The lowest BCUT2D eigenvalue weighted by atomic mass is 9.78. The summed E-state index contributed by atoms with van der Waals surface area (Å²) in [4.78, 5) is 2.39. The molecular weight excluding hydrogens is 234 g/mol. The molecule has 0 aromatic heterocycles. The number of likely N-dealkylation sites (tertiary alicyclic amines) is 1. The van der Waals surface area contributed by atoms with E-state index in [1.165, 1.54) is 5.56 Å². The summed E-state index contributed by atoms with van der Waals surface area (Å²) in [6.07, 6.45) is 2.92. The van der Waals surface area contributed by atoms with Crippen molar-refractivity contribution < 1.29 is 5.11 Å². The molecule has 1 unspecified atom stereocenters. The summed E-state index contributed by atoms with van der Waals surface area (Å²) in [5.74, 6) is 0. The van der Waals surface area contributed by atoms with Crippen molar-refractivity contribution in [3.05, 3.63) is 35.9 Å². The highest BCUT2D eigenvalue weighted by Crippen LogP contribution is 2.33. The standard InChI is InChI=1S/C17H27NO/c1-16(2,3)13-17(19)10-7-11-18(14-17)12-15-8-5-4-6-9-15/h4-6,8-9,19H,7,10-14H2,1-3H3. The van der Waals surface area contributed by atoms with Crippen molar-refractivity contribution >= 4 is 0 Å². The number of nitrogens with zero attached hydrogens (tertiary/aromatic N) is 1. The predicted molar refractivity (Wildman–Crippen MR) is 80.0 cm³/mol.